The van der Waals surface area contributed by atoms with Crippen molar-refractivity contribution in [3.63, 3.8) is 0 Å². The van der Waals surface area contributed by atoms with E-state index in [1.165, 1.54) is 0 Å². The summed E-state index contributed by atoms with van der Waals surface area (Å²) in [5.41, 5.74) is 2.03. The lowest BCUT2D eigenvalue weighted by Crippen LogP contribution is -2.32. The number of hydrogen-bond acceptors (Lipinski definition) is 4. The van der Waals surface area contributed by atoms with Gasteiger partial charge in [-0.25, -0.2) is 0 Å². The zero-order valence-corrected chi connectivity index (χ0v) is 14.8. The van der Waals surface area contributed by atoms with Crippen LogP contribution in [-0.4, -0.2) is 22.3 Å². The van der Waals surface area contributed by atoms with Gasteiger partial charge in [-0.1, -0.05) is 30.3 Å². The number of pyridine rings is 1. The molecule has 0 aliphatic carbocycles. The zero-order chi connectivity index (χ0) is 17.9. The fraction of sp³-hybridized carbons (Fsp3) is 0.350. The summed E-state index contributed by atoms with van der Waals surface area (Å²) in [6.45, 7) is 9.06. The maximum absolute atomic E-state index is 13.1. The second kappa shape index (κ2) is 6.95. The maximum Gasteiger partial charge on any atom is 0.321 e. The Morgan fingerprint density at radius 1 is 1.04 bits per heavy atom. The lowest BCUT2D eigenvalue weighted by molar-refractivity contribution is -0.155. The van der Waals surface area contributed by atoms with Crippen LogP contribution in [0, 0.1) is 13.8 Å². The highest BCUT2D eigenvalue weighted by Crippen LogP contribution is 2.26. The first-order valence-corrected chi connectivity index (χ1v) is 7.95. The number of nitrogens with zero attached hydrogens (tertiary/aromatic N) is 1. The van der Waals surface area contributed by atoms with Gasteiger partial charge in [0.2, 0.25) is 0 Å². The molecule has 1 unspecified atom stereocenters. The summed E-state index contributed by atoms with van der Waals surface area (Å²) in [5, 5.41) is 0. The largest absolute Gasteiger partial charge is 0.459 e. The SMILES string of the molecule is Cc1nccc(C(=O)C(C(=O)OC(C)(C)C)c2ccccc2)c1C. The van der Waals surface area contributed by atoms with Gasteiger partial charge < -0.3 is 4.74 Å². The van der Waals surface area contributed by atoms with Gasteiger partial charge in [0.25, 0.3) is 0 Å². The van der Waals surface area contributed by atoms with Gasteiger partial charge in [0.05, 0.1) is 0 Å². The van der Waals surface area contributed by atoms with Crippen molar-refractivity contribution < 1.29 is 14.3 Å². The molecule has 1 aromatic heterocycles. The number of benzene rings is 1. The summed E-state index contributed by atoms with van der Waals surface area (Å²) in [6.07, 6.45) is 1.59. The smallest absolute Gasteiger partial charge is 0.321 e. The summed E-state index contributed by atoms with van der Waals surface area (Å²) in [6, 6.07) is 10.7. The molecule has 0 aliphatic rings. The van der Waals surface area contributed by atoms with Crippen LogP contribution in [0.15, 0.2) is 42.6 Å². The average molecular weight is 325 g/mol. The van der Waals surface area contributed by atoms with E-state index in [4.69, 9.17) is 4.74 Å². The molecule has 0 saturated carbocycles. The summed E-state index contributed by atoms with van der Waals surface area (Å²) >= 11 is 0. The topological polar surface area (TPSA) is 56.3 Å². The van der Waals surface area contributed by atoms with E-state index in [0.29, 0.717) is 11.1 Å². The number of rotatable bonds is 4. The number of carbonyl (C=O) groups is 2. The van der Waals surface area contributed by atoms with Crippen molar-refractivity contribution >= 4 is 11.8 Å². The van der Waals surface area contributed by atoms with Gasteiger partial charge in [0, 0.05) is 17.5 Å². The van der Waals surface area contributed by atoms with Crippen LogP contribution in [0.2, 0.25) is 0 Å². The number of ether oxygens (including phenoxy) is 1. The lowest BCUT2D eigenvalue weighted by atomic mass is 9.88. The predicted molar refractivity (Wildman–Crippen MR) is 93.1 cm³/mol. The number of aryl methyl sites for hydroxylation is 1. The van der Waals surface area contributed by atoms with Gasteiger partial charge >= 0.3 is 5.97 Å². The van der Waals surface area contributed by atoms with Crippen LogP contribution in [-0.2, 0) is 9.53 Å². The third-order valence-corrected chi connectivity index (χ3v) is 3.76. The average Bonchev–Trinajstić information content (AvgIpc) is 2.49. The Labute approximate surface area is 142 Å². The molecule has 1 heterocycles. The van der Waals surface area contributed by atoms with E-state index in [9.17, 15) is 9.59 Å². The number of Topliss-reactive ketones (excluding diaryl/α,β-unsaturated/α-hetero) is 1. The summed E-state index contributed by atoms with van der Waals surface area (Å²) in [5.74, 6) is -1.78. The molecule has 0 amide bonds. The van der Waals surface area contributed by atoms with Crippen LogP contribution in [0.4, 0.5) is 0 Å². The molecule has 2 aromatic rings. The number of carbonyl (C=O) groups excluding carboxylic acids is 2. The van der Waals surface area contributed by atoms with Gasteiger partial charge in [0.15, 0.2) is 5.78 Å². The lowest BCUT2D eigenvalue weighted by Gasteiger charge is -2.24. The molecule has 0 aliphatic heterocycles. The molecule has 126 valence electrons. The molecule has 1 atom stereocenters. The van der Waals surface area contributed by atoms with Crippen LogP contribution in [0.1, 0.15) is 53.9 Å². The number of hydrogen-bond donors (Lipinski definition) is 0. The Bertz CT molecular complexity index is 745. The third-order valence-electron chi connectivity index (χ3n) is 3.76. The van der Waals surface area contributed by atoms with E-state index < -0.39 is 17.5 Å². The normalized spacial score (nSPS) is 12.5. The molecule has 0 radical (unpaired) electrons. The van der Waals surface area contributed by atoms with Crippen LogP contribution in [0.5, 0.6) is 0 Å². The first-order valence-electron chi connectivity index (χ1n) is 7.95. The van der Waals surface area contributed by atoms with Gasteiger partial charge in [-0.3, -0.25) is 14.6 Å². The van der Waals surface area contributed by atoms with Gasteiger partial charge in [-0.2, -0.15) is 0 Å². The quantitative estimate of drug-likeness (QED) is 0.484. The second-order valence-corrected chi connectivity index (χ2v) is 6.81. The van der Waals surface area contributed by atoms with Gasteiger partial charge in [0.1, 0.15) is 11.5 Å². The monoisotopic (exact) mass is 325 g/mol. The molecule has 24 heavy (non-hydrogen) atoms. The molecule has 4 heteroatoms. The van der Waals surface area contributed by atoms with Crippen molar-refractivity contribution in [3.05, 3.63) is 65.0 Å². The fourth-order valence-corrected chi connectivity index (χ4v) is 2.46. The van der Waals surface area contributed by atoms with Gasteiger partial charge in [-0.05, 0) is 51.8 Å². The third kappa shape index (κ3) is 4.07. The Hall–Kier alpha value is -2.49. The summed E-state index contributed by atoms with van der Waals surface area (Å²) in [4.78, 5) is 30.0. The minimum absolute atomic E-state index is 0.265. The van der Waals surface area contributed by atoms with E-state index in [-0.39, 0.29) is 5.78 Å². The number of esters is 1. The Kier molecular flexibility index (Phi) is 5.17. The molecule has 1 aromatic carbocycles. The molecule has 4 nitrogen and oxygen atoms in total. The van der Waals surface area contributed by atoms with Crippen LogP contribution < -0.4 is 0 Å². The van der Waals surface area contributed by atoms with E-state index in [0.717, 1.165) is 11.3 Å². The summed E-state index contributed by atoms with van der Waals surface area (Å²) in [7, 11) is 0. The first kappa shape index (κ1) is 17.9. The van der Waals surface area contributed by atoms with Crippen molar-refractivity contribution in [1.29, 1.82) is 0 Å². The second-order valence-electron chi connectivity index (χ2n) is 6.81. The maximum atomic E-state index is 13.1. The highest BCUT2D eigenvalue weighted by molar-refractivity contribution is 6.13. The summed E-state index contributed by atoms with van der Waals surface area (Å²) < 4.78 is 5.49. The standard InChI is InChI=1S/C20H23NO3/c1-13-14(2)21-12-11-16(13)18(22)17(15-9-7-6-8-10-15)19(23)24-20(3,4)5/h6-12,17H,1-5H3. The van der Waals surface area contributed by atoms with Crippen molar-refractivity contribution in [2.75, 3.05) is 0 Å². The molecular weight excluding hydrogens is 302 g/mol. The van der Waals surface area contributed by atoms with E-state index in [1.807, 2.05) is 32.0 Å². The van der Waals surface area contributed by atoms with Gasteiger partial charge in [-0.15, -0.1) is 0 Å². The van der Waals surface area contributed by atoms with E-state index >= 15 is 0 Å². The molecule has 2 rings (SSSR count). The molecule has 0 fully saturated rings. The molecular formula is C20H23NO3. The van der Waals surface area contributed by atoms with Crippen LogP contribution >= 0.6 is 0 Å². The minimum atomic E-state index is -0.981. The van der Waals surface area contributed by atoms with E-state index in [2.05, 4.69) is 4.98 Å². The predicted octanol–water partition coefficient (Wildman–Crippen LogP) is 4.01. The van der Waals surface area contributed by atoms with Crippen LogP contribution in [0.25, 0.3) is 0 Å². The first-order chi connectivity index (χ1) is 11.2. The number of ketones is 1. The Morgan fingerprint density at radius 2 is 1.67 bits per heavy atom. The molecule has 0 spiro atoms. The van der Waals surface area contributed by atoms with E-state index in [1.54, 1.807) is 45.2 Å². The Morgan fingerprint density at radius 3 is 2.25 bits per heavy atom. The minimum Gasteiger partial charge on any atom is -0.459 e. The fourth-order valence-electron chi connectivity index (χ4n) is 2.46. The molecule has 0 saturated heterocycles. The molecule has 0 bridgehead atoms. The Balaban J connectivity index is 2.48. The van der Waals surface area contributed by atoms with Crippen LogP contribution in [0.3, 0.4) is 0 Å². The van der Waals surface area contributed by atoms with Crippen molar-refractivity contribution in [2.45, 2.75) is 46.1 Å². The highest BCUT2D eigenvalue weighted by atomic mass is 16.6. The number of aromatic nitrogens is 1. The van der Waals surface area contributed by atoms with Crippen molar-refractivity contribution in [3.8, 4) is 0 Å². The van der Waals surface area contributed by atoms with Crippen molar-refractivity contribution in [1.82, 2.24) is 4.98 Å². The highest BCUT2D eigenvalue weighted by Gasteiger charge is 2.34. The van der Waals surface area contributed by atoms with Crippen molar-refractivity contribution in [2.24, 2.45) is 0 Å². The zero-order valence-electron chi connectivity index (χ0n) is 14.8. The molecule has 0 N–H and O–H groups in total.